The number of nitrogens with one attached hydrogen (secondary N) is 1. The second-order valence-electron chi connectivity index (χ2n) is 7.25. The molecule has 0 spiro atoms. The smallest absolute Gasteiger partial charge is 0.228 e. The summed E-state index contributed by atoms with van der Waals surface area (Å²) < 4.78 is 27.0. The van der Waals surface area contributed by atoms with Gasteiger partial charge in [0.05, 0.1) is 11.7 Å². The van der Waals surface area contributed by atoms with E-state index in [0.717, 1.165) is 5.56 Å². The molecule has 1 fully saturated rings. The van der Waals surface area contributed by atoms with Crippen LogP contribution >= 0.6 is 23.2 Å². The Kier molecular flexibility index (Phi) is 7.57. The predicted molar refractivity (Wildman–Crippen MR) is 118 cm³/mol. The number of carbonyl (C=O) groups excluding carboxylic acids is 1. The monoisotopic (exact) mass is 454 g/mol. The average Bonchev–Trinajstić information content (AvgIpc) is 2.68. The van der Waals surface area contributed by atoms with Crippen molar-refractivity contribution >= 4 is 44.8 Å². The molecule has 1 aliphatic rings. The lowest BCUT2D eigenvalue weighted by molar-refractivity contribution is -0.120. The van der Waals surface area contributed by atoms with Gasteiger partial charge in [-0.2, -0.15) is 0 Å². The van der Waals surface area contributed by atoms with Crippen LogP contribution in [0.5, 0.6) is 0 Å². The number of benzene rings is 2. The Morgan fingerprint density at radius 3 is 2.48 bits per heavy atom. The quantitative estimate of drug-likeness (QED) is 0.663. The first-order valence-corrected chi connectivity index (χ1v) is 12.0. The van der Waals surface area contributed by atoms with E-state index in [1.165, 1.54) is 4.31 Å². The molecule has 1 N–H and O–H groups in total. The Bertz CT molecular complexity index is 931. The topological polar surface area (TPSA) is 66.5 Å². The number of anilines is 1. The van der Waals surface area contributed by atoms with E-state index >= 15 is 0 Å². The van der Waals surface area contributed by atoms with Crippen molar-refractivity contribution in [2.75, 3.05) is 24.2 Å². The van der Waals surface area contributed by atoms with E-state index in [2.05, 4.69) is 5.32 Å². The summed E-state index contributed by atoms with van der Waals surface area (Å²) in [6, 6.07) is 14.7. The van der Waals surface area contributed by atoms with Crippen LogP contribution in [0.15, 0.2) is 48.5 Å². The van der Waals surface area contributed by atoms with Crippen molar-refractivity contribution < 1.29 is 13.2 Å². The summed E-state index contributed by atoms with van der Waals surface area (Å²) in [4.78, 5) is 12.6. The number of piperidine rings is 1. The molecule has 1 atom stereocenters. The summed E-state index contributed by atoms with van der Waals surface area (Å²) >= 11 is 11.9. The fourth-order valence-electron chi connectivity index (χ4n) is 3.51. The van der Waals surface area contributed by atoms with Crippen molar-refractivity contribution in [2.45, 2.75) is 25.7 Å². The number of aryl methyl sites for hydroxylation is 1. The minimum atomic E-state index is -3.40. The van der Waals surface area contributed by atoms with Gasteiger partial charge in [-0.15, -0.1) is 0 Å². The lowest BCUT2D eigenvalue weighted by Crippen LogP contribution is -2.44. The molecule has 29 heavy (non-hydrogen) atoms. The van der Waals surface area contributed by atoms with E-state index < -0.39 is 15.9 Å². The molecule has 5 nitrogen and oxygen atoms in total. The van der Waals surface area contributed by atoms with Gasteiger partial charge in [-0.3, -0.25) is 4.79 Å². The van der Waals surface area contributed by atoms with Crippen LogP contribution in [0.1, 0.15) is 24.8 Å². The first-order valence-electron chi connectivity index (χ1n) is 9.62. The highest BCUT2D eigenvalue weighted by Gasteiger charge is 2.32. The lowest BCUT2D eigenvalue weighted by Gasteiger charge is -2.31. The molecule has 0 saturated carbocycles. The third-order valence-electron chi connectivity index (χ3n) is 4.99. The van der Waals surface area contributed by atoms with Crippen LogP contribution in [0.4, 0.5) is 5.69 Å². The zero-order chi connectivity index (χ0) is 20.9. The maximum atomic E-state index is 12.8. The highest BCUT2D eigenvalue weighted by atomic mass is 35.5. The Hall–Kier alpha value is -1.60. The first kappa shape index (κ1) is 22.1. The third-order valence-corrected chi connectivity index (χ3v) is 7.35. The molecule has 3 rings (SSSR count). The Labute approximate surface area is 182 Å². The van der Waals surface area contributed by atoms with E-state index in [1.54, 1.807) is 18.2 Å². The third kappa shape index (κ3) is 6.44. The van der Waals surface area contributed by atoms with Crippen molar-refractivity contribution in [3.05, 3.63) is 64.1 Å². The minimum Gasteiger partial charge on any atom is -0.326 e. The molecule has 156 valence electrons. The van der Waals surface area contributed by atoms with E-state index in [0.29, 0.717) is 48.0 Å². The molecule has 1 amide bonds. The van der Waals surface area contributed by atoms with Crippen molar-refractivity contribution in [1.29, 1.82) is 0 Å². The van der Waals surface area contributed by atoms with E-state index in [1.807, 2.05) is 30.3 Å². The molecule has 1 saturated heterocycles. The number of sulfonamides is 1. The van der Waals surface area contributed by atoms with Gasteiger partial charge in [0.25, 0.3) is 0 Å². The van der Waals surface area contributed by atoms with Gasteiger partial charge in [0.1, 0.15) is 0 Å². The molecule has 0 unspecified atom stereocenters. The van der Waals surface area contributed by atoms with Crippen molar-refractivity contribution in [2.24, 2.45) is 5.92 Å². The summed E-state index contributed by atoms with van der Waals surface area (Å²) in [7, 11) is -3.40. The Morgan fingerprint density at radius 2 is 1.79 bits per heavy atom. The number of amides is 1. The second kappa shape index (κ2) is 9.94. The van der Waals surface area contributed by atoms with Crippen LogP contribution in [0.2, 0.25) is 10.0 Å². The van der Waals surface area contributed by atoms with E-state index in [4.69, 9.17) is 23.2 Å². The molecule has 0 aliphatic carbocycles. The van der Waals surface area contributed by atoms with Gasteiger partial charge in [-0.1, -0.05) is 53.5 Å². The van der Waals surface area contributed by atoms with Gasteiger partial charge in [0.2, 0.25) is 15.9 Å². The Morgan fingerprint density at radius 1 is 1.10 bits per heavy atom. The maximum absolute atomic E-state index is 12.8. The van der Waals surface area contributed by atoms with Gasteiger partial charge in [0, 0.05) is 28.8 Å². The van der Waals surface area contributed by atoms with Crippen LogP contribution < -0.4 is 5.32 Å². The standard InChI is InChI=1S/C21H24Cl2N2O3S/c22-18-12-19(23)14-20(13-18)24-21(26)17-9-4-10-25(15-17)29(27,28)11-5-8-16-6-2-1-3-7-16/h1-3,6-7,12-14,17H,4-5,8-11,15H2,(H,24,26)/t17-/m1/s1. The number of carbonyl (C=O) groups is 1. The highest BCUT2D eigenvalue weighted by molar-refractivity contribution is 7.89. The summed E-state index contributed by atoms with van der Waals surface area (Å²) in [5, 5.41) is 3.66. The van der Waals surface area contributed by atoms with Gasteiger partial charge in [-0.25, -0.2) is 12.7 Å². The number of rotatable bonds is 7. The van der Waals surface area contributed by atoms with E-state index in [9.17, 15) is 13.2 Å². The fraction of sp³-hybridized carbons (Fsp3) is 0.381. The number of nitrogens with zero attached hydrogens (tertiary/aromatic N) is 1. The van der Waals surface area contributed by atoms with Gasteiger partial charge in [-0.05, 0) is 49.4 Å². The largest absolute Gasteiger partial charge is 0.326 e. The molecule has 0 radical (unpaired) electrons. The molecule has 0 bridgehead atoms. The van der Waals surface area contributed by atoms with Gasteiger partial charge >= 0.3 is 0 Å². The normalized spacial score (nSPS) is 17.8. The zero-order valence-electron chi connectivity index (χ0n) is 16.0. The minimum absolute atomic E-state index is 0.0835. The van der Waals surface area contributed by atoms with Gasteiger partial charge < -0.3 is 5.32 Å². The number of hydrogen-bond acceptors (Lipinski definition) is 3. The Balaban J connectivity index is 1.56. The summed E-state index contributed by atoms with van der Waals surface area (Å²) in [5.74, 6) is -0.530. The SMILES string of the molecule is O=C(Nc1cc(Cl)cc(Cl)c1)[C@@H]1CCCN(S(=O)(=O)CCCc2ccccc2)C1. The molecular weight excluding hydrogens is 431 g/mol. The maximum Gasteiger partial charge on any atom is 0.228 e. The fourth-order valence-corrected chi connectivity index (χ4v) is 5.62. The zero-order valence-corrected chi connectivity index (χ0v) is 18.3. The van der Waals surface area contributed by atoms with Crippen LogP contribution in [0.3, 0.4) is 0 Å². The summed E-state index contributed by atoms with van der Waals surface area (Å²) in [5.41, 5.74) is 1.63. The number of hydrogen-bond donors (Lipinski definition) is 1. The van der Waals surface area contributed by atoms with Gasteiger partial charge in [0.15, 0.2) is 0 Å². The number of halogens is 2. The second-order valence-corrected chi connectivity index (χ2v) is 10.2. The molecule has 2 aromatic carbocycles. The van der Waals surface area contributed by atoms with Crippen LogP contribution in [-0.2, 0) is 21.2 Å². The van der Waals surface area contributed by atoms with Crippen molar-refractivity contribution in [3.8, 4) is 0 Å². The highest BCUT2D eigenvalue weighted by Crippen LogP contribution is 2.25. The molecule has 0 aromatic heterocycles. The molecule has 2 aromatic rings. The first-order chi connectivity index (χ1) is 13.8. The lowest BCUT2D eigenvalue weighted by atomic mass is 9.99. The van der Waals surface area contributed by atoms with Crippen LogP contribution in [-0.4, -0.2) is 37.5 Å². The predicted octanol–water partition coefficient (Wildman–Crippen LogP) is 4.61. The summed E-state index contributed by atoms with van der Waals surface area (Å²) in [6.07, 6.45) is 2.58. The van der Waals surface area contributed by atoms with Crippen molar-refractivity contribution in [3.63, 3.8) is 0 Å². The average molecular weight is 455 g/mol. The summed E-state index contributed by atoms with van der Waals surface area (Å²) in [6.45, 7) is 0.661. The molecule has 1 aliphatic heterocycles. The molecular formula is C21H24Cl2N2O3S. The van der Waals surface area contributed by atoms with Crippen LogP contribution in [0, 0.1) is 5.92 Å². The molecule has 8 heteroatoms. The molecule has 1 heterocycles. The van der Waals surface area contributed by atoms with Crippen LogP contribution in [0.25, 0.3) is 0 Å². The van der Waals surface area contributed by atoms with Crippen molar-refractivity contribution in [1.82, 2.24) is 4.31 Å². The van der Waals surface area contributed by atoms with E-state index in [-0.39, 0.29) is 18.2 Å².